The van der Waals surface area contributed by atoms with E-state index in [2.05, 4.69) is 26.3 Å². The number of thiazole rings is 1. The molecule has 2 aliphatic heterocycles. The molecule has 6 nitrogen and oxygen atoms in total. The molecule has 2 aromatic rings. The Kier molecular flexibility index (Phi) is 7.23. The van der Waals surface area contributed by atoms with Gasteiger partial charge in [-0.2, -0.15) is 0 Å². The largest absolute Gasteiger partial charge is 0.497 e. The standard InChI is InChI=1S/C23H32N4O2S/c1-29-20-6-4-5-19(15-20)25-22(28)8-7-18-9-13-26(14-10-18)17-21-16-24-23(30-21)27-11-2-3-12-27/h4-6,15-16,18H,2-3,7-14,17H2,1H3,(H,25,28). The molecule has 2 aliphatic rings. The molecule has 1 aromatic heterocycles. The van der Waals surface area contributed by atoms with Crippen LogP contribution in [0, 0.1) is 5.92 Å². The van der Waals surface area contributed by atoms with Crippen LogP contribution in [-0.2, 0) is 11.3 Å². The van der Waals surface area contributed by atoms with E-state index < -0.39 is 0 Å². The third-order valence-electron chi connectivity index (χ3n) is 6.14. The zero-order valence-corrected chi connectivity index (χ0v) is 18.6. The average molecular weight is 429 g/mol. The van der Waals surface area contributed by atoms with Gasteiger partial charge in [0.25, 0.3) is 0 Å². The molecule has 2 fully saturated rings. The minimum Gasteiger partial charge on any atom is -0.497 e. The van der Waals surface area contributed by atoms with E-state index in [1.807, 2.05) is 35.6 Å². The Balaban J connectivity index is 1.16. The summed E-state index contributed by atoms with van der Waals surface area (Å²) in [7, 11) is 1.63. The Hall–Kier alpha value is -2.12. The first-order chi connectivity index (χ1) is 14.7. The molecule has 1 amide bonds. The second-order valence-electron chi connectivity index (χ2n) is 8.34. The predicted molar refractivity (Wildman–Crippen MR) is 122 cm³/mol. The van der Waals surface area contributed by atoms with Crippen LogP contribution in [0.15, 0.2) is 30.5 Å². The average Bonchev–Trinajstić information content (AvgIpc) is 3.45. The first-order valence-corrected chi connectivity index (χ1v) is 11.9. The lowest BCUT2D eigenvalue weighted by Crippen LogP contribution is -2.33. The Morgan fingerprint density at radius 2 is 2.03 bits per heavy atom. The Bertz CT molecular complexity index is 826. The van der Waals surface area contributed by atoms with Gasteiger partial charge in [-0.15, -0.1) is 11.3 Å². The van der Waals surface area contributed by atoms with Crippen LogP contribution in [0.4, 0.5) is 10.8 Å². The summed E-state index contributed by atoms with van der Waals surface area (Å²) >= 11 is 1.85. The third kappa shape index (κ3) is 5.73. The van der Waals surface area contributed by atoms with E-state index in [4.69, 9.17) is 4.74 Å². The van der Waals surface area contributed by atoms with Crippen LogP contribution in [0.2, 0.25) is 0 Å². The van der Waals surface area contributed by atoms with Crippen molar-refractivity contribution in [3.8, 4) is 5.75 Å². The number of ether oxygens (including phenoxy) is 1. The molecule has 0 aliphatic carbocycles. The van der Waals surface area contributed by atoms with E-state index in [1.165, 1.54) is 35.7 Å². The fourth-order valence-electron chi connectivity index (χ4n) is 4.34. The number of likely N-dealkylation sites (tertiary alicyclic amines) is 1. The summed E-state index contributed by atoms with van der Waals surface area (Å²) in [5, 5.41) is 4.18. The molecular formula is C23H32N4O2S. The molecule has 0 atom stereocenters. The van der Waals surface area contributed by atoms with Gasteiger partial charge in [0.05, 0.1) is 7.11 Å². The van der Waals surface area contributed by atoms with Crippen molar-refractivity contribution in [2.24, 2.45) is 5.92 Å². The SMILES string of the molecule is COc1cccc(NC(=O)CCC2CCN(Cc3cnc(N4CCCC4)s3)CC2)c1. The number of carbonyl (C=O) groups excluding carboxylic acids is 1. The minimum atomic E-state index is 0.0878. The minimum absolute atomic E-state index is 0.0878. The fourth-order valence-corrected chi connectivity index (χ4v) is 5.34. The van der Waals surface area contributed by atoms with Gasteiger partial charge in [0.2, 0.25) is 5.91 Å². The molecule has 0 saturated carbocycles. The molecule has 0 bridgehead atoms. The van der Waals surface area contributed by atoms with Gasteiger partial charge < -0.3 is 15.0 Å². The molecule has 162 valence electrons. The lowest BCUT2D eigenvalue weighted by atomic mass is 9.92. The number of hydrogen-bond acceptors (Lipinski definition) is 6. The first kappa shape index (κ1) is 21.1. The van der Waals surface area contributed by atoms with Gasteiger partial charge >= 0.3 is 0 Å². The van der Waals surface area contributed by atoms with Crippen molar-refractivity contribution in [2.75, 3.05) is 43.5 Å². The van der Waals surface area contributed by atoms with Crippen LogP contribution in [0.3, 0.4) is 0 Å². The fraction of sp³-hybridized carbons (Fsp3) is 0.565. The maximum atomic E-state index is 12.3. The second kappa shape index (κ2) is 10.3. The number of piperidine rings is 1. The third-order valence-corrected chi connectivity index (χ3v) is 7.18. The van der Waals surface area contributed by atoms with Crippen molar-refractivity contribution in [1.82, 2.24) is 9.88 Å². The molecule has 7 heteroatoms. The molecule has 0 unspecified atom stereocenters. The van der Waals surface area contributed by atoms with E-state index in [1.54, 1.807) is 7.11 Å². The number of methoxy groups -OCH3 is 1. The molecule has 1 aromatic carbocycles. The molecule has 2 saturated heterocycles. The summed E-state index contributed by atoms with van der Waals surface area (Å²) < 4.78 is 5.21. The molecular weight excluding hydrogens is 396 g/mol. The van der Waals surface area contributed by atoms with Crippen LogP contribution < -0.4 is 15.0 Å². The monoisotopic (exact) mass is 428 g/mol. The highest BCUT2D eigenvalue weighted by Crippen LogP contribution is 2.29. The van der Waals surface area contributed by atoms with E-state index >= 15 is 0 Å². The van der Waals surface area contributed by atoms with E-state index in [9.17, 15) is 4.79 Å². The number of aromatic nitrogens is 1. The van der Waals surface area contributed by atoms with Crippen LogP contribution in [-0.4, -0.2) is 49.1 Å². The van der Waals surface area contributed by atoms with Crippen molar-refractivity contribution in [3.05, 3.63) is 35.3 Å². The number of nitrogens with one attached hydrogen (secondary N) is 1. The molecule has 3 heterocycles. The summed E-state index contributed by atoms with van der Waals surface area (Å²) in [5.41, 5.74) is 0.798. The Labute approximate surface area is 183 Å². The number of carbonyl (C=O) groups is 1. The van der Waals surface area contributed by atoms with Gasteiger partial charge in [-0.25, -0.2) is 4.98 Å². The number of nitrogens with zero attached hydrogens (tertiary/aromatic N) is 3. The second-order valence-corrected chi connectivity index (χ2v) is 9.44. The van der Waals surface area contributed by atoms with E-state index in [-0.39, 0.29) is 5.91 Å². The molecule has 0 spiro atoms. The van der Waals surface area contributed by atoms with E-state index in [0.29, 0.717) is 12.3 Å². The van der Waals surface area contributed by atoms with Crippen molar-refractivity contribution < 1.29 is 9.53 Å². The summed E-state index contributed by atoms with van der Waals surface area (Å²) in [6.07, 6.45) is 8.53. The maximum Gasteiger partial charge on any atom is 0.224 e. The predicted octanol–water partition coefficient (Wildman–Crippen LogP) is 4.38. The van der Waals surface area contributed by atoms with Gasteiger partial charge in [-0.1, -0.05) is 6.07 Å². The van der Waals surface area contributed by atoms with E-state index in [0.717, 1.165) is 50.6 Å². The summed E-state index contributed by atoms with van der Waals surface area (Å²) in [4.78, 5) is 23.3. The number of amides is 1. The highest BCUT2D eigenvalue weighted by Gasteiger charge is 2.21. The van der Waals surface area contributed by atoms with Gasteiger partial charge in [-0.3, -0.25) is 9.69 Å². The molecule has 4 rings (SSSR count). The number of anilines is 2. The highest BCUT2D eigenvalue weighted by atomic mass is 32.1. The van der Waals surface area contributed by atoms with Crippen molar-refractivity contribution >= 4 is 28.1 Å². The van der Waals surface area contributed by atoms with Gasteiger partial charge in [0, 0.05) is 48.9 Å². The van der Waals surface area contributed by atoms with Gasteiger partial charge in [0.1, 0.15) is 5.75 Å². The molecule has 30 heavy (non-hydrogen) atoms. The van der Waals surface area contributed by atoms with Crippen LogP contribution in [0.1, 0.15) is 43.4 Å². The summed E-state index contributed by atoms with van der Waals surface area (Å²) in [5.74, 6) is 1.48. The van der Waals surface area contributed by atoms with Crippen LogP contribution in [0.25, 0.3) is 0 Å². The van der Waals surface area contributed by atoms with Crippen molar-refractivity contribution in [2.45, 2.75) is 45.1 Å². The molecule has 0 radical (unpaired) electrons. The first-order valence-electron chi connectivity index (χ1n) is 11.1. The number of hydrogen-bond donors (Lipinski definition) is 1. The highest BCUT2D eigenvalue weighted by molar-refractivity contribution is 7.15. The lowest BCUT2D eigenvalue weighted by Gasteiger charge is -2.31. The Morgan fingerprint density at radius 1 is 1.23 bits per heavy atom. The van der Waals surface area contributed by atoms with Crippen molar-refractivity contribution in [1.29, 1.82) is 0 Å². The molecule has 1 N–H and O–H groups in total. The number of benzene rings is 1. The van der Waals surface area contributed by atoms with Crippen molar-refractivity contribution in [3.63, 3.8) is 0 Å². The summed E-state index contributed by atoms with van der Waals surface area (Å²) in [6.45, 7) is 5.54. The normalized spacial score (nSPS) is 18.0. The topological polar surface area (TPSA) is 57.7 Å². The maximum absolute atomic E-state index is 12.3. The summed E-state index contributed by atoms with van der Waals surface area (Å²) in [6, 6.07) is 7.52. The van der Waals surface area contributed by atoms with Gasteiger partial charge in [-0.05, 0) is 63.2 Å². The zero-order chi connectivity index (χ0) is 20.8. The lowest BCUT2D eigenvalue weighted by molar-refractivity contribution is -0.116. The smallest absolute Gasteiger partial charge is 0.224 e. The van der Waals surface area contributed by atoms with Gasteiger partial charge in [0.15, 0.2) is 5.13 Å². The quantitative estimate of drug-likeness (QED) is 0.676. The van der Waals surface area contributed by atoms with Crippen LogP contribution >= 0.6 is 11.3 Å². The number of rotatable bonds is 8. The van der Waals surface area contributed by atoms with Crippen LogP contribution in [0.5, 0.6) is 5.75 Å². The zero-order valence-electron chi connectivity index (χ0n) is 17.8. The Morgan fingerprint density at radius 3 is 2.80 bits per heavy atom.